The van der Waals surface area contributed by atoms with E-state index in [2.05, 4.69) is 5.10 Å². The molecule has 0 saturated heterocycles. The summed E-state index contributed by atoms with van der Waals surface area (Å²) in [5.41, 5.74) is 0. The molecule has 0 radical (unpaired) electrons. The minimum absolute atomic E-state index is 0.112. The van der Waals surface area contributed by atoms with Crippen LogP contribution in [0.1, 0.15) is 9.80 Å². The molecule has 0 saturated carbocycles. The van der Waals surface area contributed by atoms with Crippen LogP contribution in [-0.4, -0.2) is 22.3 Å². The Labute approximate surface area is 118 Å². The second kappa shape index (κ2) is 5.60. The first-order valence-corrected chi connectivity index (χ1v) is 6.65. The van der Waals surface area contributed by atoms with Gasteiger partial charge in [-0.25, -0.2) is 0 Å². The highest BCUT2D eigenvalue weighted by Crippen LogP contribution is 2.15. The number of rotatable bonds is 3. The molecule has 0 N–H and O–H groups in total. The Kier molecular flexibility index (Phi) is 4.11. The lowest BCUT2D eigenvalue weighted by Gasteiger charge is -2.04. The molecule has 0 atom stereocenters. The maximum Gasteiger partial charge on any atom is 0.286 e. The van der Waals surface area contributed by atoms with Gasteiger partial charge in [0.15, 0.2) is 10.6 Å². The van der Waals surface area contributed by atoms with Crippen LogP contribution in [0.3, 0.4) is 0 Å². The fraction of sp³-hybridized carbons (Fsp3) is 0.182. The van der Waals surface area contributed by atoms with Crippen molar-refractivity contribution in [1.29, 1.82) is 0 Å². The number of carbonyl (C=O) groups is 1. The number of hydrogen-bond acceptors (Lipinski definition) is 5. The Morgan fingerprint density at radius 3 is 2.72 bits per heavy atom. The van der Waals surface area contributed by atoms with E-state index < -0.39 is 0 Å². The van der Waals surface area contributed by atoms with Crippen molar-refractivity contribution in [3.8, 4) is 5.75 Å². The molecule has 0 fully saturated rings. The van der Waals surface area contributed by atoms with Gasteiger partial charge in [-0.05, 0) is 43.4 Å². The van der Waals surface area contributed by atoms with Crippen molar-refractivity contribution >= 4 is 41.1 Å². The van der Waals surface area contributed by atoms with Gasteiger partial charge in [0, 0.05) is 5.02 Å². The van der Waals surface area contributed by atoms with Crippen LogP contribution in [0.5, 0.6) is 5.75 Å². The molecule has 0 aliphatic carbocycles. The van der Waals surface area contributed by atoms with Gasteiger partial charge in [-0.15, -0.1) is 0 Å². The minimum Gasteiger partial charge on any atom is -0.484 e. The van der Waals surface area contributed by atoms with Crippen LogP contribution in [-0.2, 0) is 0 Å². The molecule has 0 amide bonds. The largest absolute Gasteiger partial charge is 0.484 e. The Hall–Kier alpha value is -1.24. The van der Waals surface area contributed by atoms with E-state index in [1.54, 1.807) is 31.2 Å². The summed E-state index contributed by atoms with van der Waals surface area (Å²) in [6, 6.07) is 6.78. The topological polar surface area (TPSA) is 44.1 Å². The molecule has 0 spiro atoms. The second-order valence-electron chi connectivity index (χ2n) is 3.44. The van der Waals surface area contributed by atoms with Crippen LogP contribution in [0.25, 0.3) is 0 Å². The zero-order valence-corrected chi connectivity index (χ0v) is 11.8. The number of aryl methyl sites for hydroxylation is 1. The Morgan fingerprint density at radius 1 is 1.50 bits per heavy atom. The molecule has 1 heterocycles. The maximum atomic E-state index is 11.8. The predicted octanol–water partition coefficient (Wildman–Crippen LogP) is 3.36. The Morgan fingerprint density at radius 2 is 2.17 bits per heavy atom. The predicted molar refractivity (Wildman–Crippen MR) is 73.2 cm³/mol. The molecule has 0 aliphatic rings. The first-order chi connectivity index (χ1) is 8.56. The minimum atomic E-state index is -0.292. The van der Waals surface area contributed by atoms with Crippen molar-refractivity contribution in [2.75, 3.05) is 6.61 Å². The summed E-state index contributed by atoms with van der Waals surface area (Å²) in [6.45, 7) is 1.68. The smallest absolute Gasteiger partial charge is 0.286 e. The van der Waals surface area contributed by atoms with Crippen LogP contribution in [0.15, 0.2) is 24.3 Å². The van der Waals surface area contributed by atoms with E-state index in [-0.39, 0.29) is 12.5 Å². The summed E-state index contributed by atoms with van der Waals surface area (Å²) in [7, 11) is 0. The highest BCUT2D eigenvalue weighted by Gasteiger charge is 2.10. The molecule has 4 nitrogen and oxygen atoms in total. The van der Waals surface area contributed by atoms with Gasteiger partial charge in [0.05, 0.1) is 0 Å². The van der Waals surface area contributed by atoms with Crippen molar-refractivity contribution in [3.05, 3.63) is 38.3 Å². The average Bonchev–Trinajstić information content (AvgIpc) is 2.67. The Balaban J connectivity index is 2.02. The molecule has 0 bridgehead atoms. The van der Waals surface area contributed by atoms with E-state index >= 15 is 0 Å². The molecule has 94 valence electrons. The molecule has 2 aromatic rings. The fourth-order valence-corrected chi connectivity index (χ4v) is 2.50. The van der Waals surface area contributed by atoms with Crippen LogP contribution in [0.2, 0.25) is 5.02 Å². The van der Waals surface area contributed by atoms with Crippen molar-refractivity contribution in [2.24, 2.45) is 0 Å². The second-order valence-corrected chi connectivity index (χ2v) is 5.70. The van der Waals surface area contributed by atoms with Crippen molar-refractivity contribution < 1.29 is 9.53 Å². The highest BCUT2D eigenvalue weighted by molar-refractivity contribution is 7.73. The molecule has 18 heavy (non-hydrogen) atoms. The third kappa shape index (κ3) is 3.16. The highest BCUT2D eigenvalue weighted by atomic mass is 35.5. The van der Waals surface area contributed by atoms with Gasteiger partial charge in [-0.3, -0.25) is 4.79 Å². The molecule has 0 aliphatic heterocycles. The number of benzene rings is 1. The van der Waals surface area contributed by atoms with Gasteiger partial charge in [-0.1, -0.05) is 22.9 Å². The van der Waals surface area contributed by atoms with Gasteiger partial charge in [0.25, 0.3) is 5.91 Å². The SMILES string of the molecule is Cc1nn(C(=O)COc2ccc(Cl)cc2)c(=S)s1. The first kappa shape index (κ1) is 13.2. The summed E-state index contributed by atoms with van der Waals surface area (Å²) in [6.07, 6.45) is 0. The molecule has 1 aromatic heterocycles. The summed E-state index contributed by atoms with van der Waals surface area (Å²) in [5, 5.41) is 5.38. The van der Waals surface area contributed by atoms with Gasteiger partial charge < -0.3 is 4.74 Å². The standard InChI is InChI=1S/C11H9ClN2O2S2/c1-7-13-14(11(17)18-7)10(15)6-16-9-4-2-8(12)3-5-9/h2-5H,6H2,1H3. The van der Waals surface area contributed by atoms with Gasteiger partial charge in [-0.2, -0.15) is 9.78 Å². The summed E-state index contributed by atoms with van der Waals surface area (Å²) >= 11 is 12.1. The normalized spacial score (nSPS) is 10.3. The quantitative estimate of drug-likeness (QED) is 0.815. The zero-order valence-electron chi connectivity index (χ0n) is 9.42. The van der Waals surface area contributed by atoms with Crippen LogP contribution in [0, 0.1) is 10.9 Å². The van der Waals surface area contributed by atoms with Crippen LogP contribution < -0.4 is 4.74 Å². The number of nitrogens with zero attached hydrogens (tertiary/aromatic N) is 2. The summed E-state index contributed by atoms with van der Waals surface area (Å²) in [4.78, 5) is 11.8. The molecular formula is C11H9ClN2O2S2. The maximum absolute atomic E-state index is 11.8. The van der Waals surface area contributed by atoms with Crippen LogP contribution >= 0.6 is 35.2 Å². The number of aromatic nitrogens is 2. The number of halogens is 1. The lowest BCUT2D eigenvalue weighted by molar-refractivity contribution is 0.0819. The molecule has 1 aromatic carbocycles. The van der Waals surface area contributed by atoms with Gasteiger partial charge in [0.2, 0.25) is 0 Å². The first-order valence-electron chi connectivity index (χ1n) is 5.04. The van der Waals surface area contributed by atoms with Crippen LogP contribution in [0.4, 0.5) is 0 Å². The molecule has 0 unspecified atom stereocenters. The lowest BCUT2D eigenvalue weighted by atomic mass is 10.3. The zero-order chi connectivity index (χ0) is 13.1. The van der Waals surface area contributed by atoms with Gasteiger partial charge in [0.1, 0.15) is 10.8 Å². The van der Waals surface area contributed by atoms with E-state index in [4.69, 9.17) is 28.6 Å². The number of ether oxygens (including phenoxy) is 1. The summed E-state index contributed by atoms with van der Waals surface area (Å²) in [5.74, 6) is 0.283. The molecular weight excluding hydrogens is 292 g/mol. The summed E-state index contributed by atoms with van der Waals surface area (Å²) < 4.78 is 6.94. The Bertz CT molecular complexity index is 619. The number of carbonyl (C=O) groups excluding carboxylic acids is 1. The van der Waals surface area contributed by atoms with E-state index in [1.165, 1.54) is 16.0 Å². The van der Waals surface area contributed by atoms with E-state index in [0.29, 0.717) is 14.7 Å². The van der Waals surface area contributed by atoms with E-state index in [0.717, 1.165) is 5.01 Å². The number of hydrogen-bond donors (Lipinski definition) is 0. The van der Waals surface area contributed by atoms with E-state index in [1.807, 2.05) is 0 Å². The fourth-order valence-electron chi connectivity index (χ4n) is 1.27. The third-order valence-electron chi connectivity index (χ3n) is 2.06. The molecule has 7 heteroatoms. The average molecular weight is 301 g/mol. The van der Waals surface area contributed by atoms with Crippen molar-refractivity contribution in [1.82, 2.24) is 9.78 Å². The van der Waals surface area contributed by atoms with Gasteiger partial charge >= 0.3 is 0 Å². The lowest BCUT2D eigenvalue weighted by Crippen LogP contribution is -2.20. The monoisotopic (exact) mass is 300 g/mol. The van der Waals surface area contributed by atoms with Crippen molar-refractivity contribution in [3.63, 3.8) is 0 Å². The third-order valence-corrected chi connectivity index (χ3v) is 3.46. The molecule has 2 rings (SSSR count). The van der Waals surface area contributed by atoms with Crippen molar-refractivity contribution in [2.45, 2.75) is 6.92 Å². The van der Waals surface area contributed by atoms with E-state index in [9.17, 15) is 4.79 Å².